The van der Waals surface area contributed by atoms with E-state index < -0.39 is 0 Å². The number of guanidine groups is 1. The number of halogens is 1. The molecule has 30 heavy (non-hydrogen) atoms. The van der Waals surface area contributed by atoms with Gasteiger partial charge in [0.15, 0.2) is 5.96 Å². The molecule has 1 aliphatic rings. The summed E-state index contributed by atoms with van der Waals surface area (Å²) in [6.45, 7) is 7.73. The maximum Gasteiger partial charge on any atom is 0.191 e. The van der Waals surface area contributed by atoms with Gasteiger partial charge in [0, 0.05) is 38.6 Å². The second kappa shape index (κ2) is 13.6. The minimum Gasteiger partial charge on any atom is -0.396 e. The van der Waals surface area contributed by atoms with Gasteiger partial charge in [-0.15, -0.1) is 24.0 Å². The highest BCUT2D eigenvalue weighted by atomic mass is 127. The fraction of sp³-hybridized carbons (Fsp3) is 0.458. The lowest BCUT2D eigenvalue weighted by molar-refractivity contribution is 0.251. The number of hydrogen-bond donors (Lipinski definition) is 3. The second-order valence-electron chi connectivity index (χ2n) is 7.58. The molecule has 5 nitrogen and oxygen atoms in total. The molecule has 3 rings (SSSR count). The molecular formula is C24H35IN4O. The van der Waals surface area contributed by atoms with E-state index in [4.69, 9.17) is 4.99 Å². The Morgan fingerprint density at radius 2 is 1.80 bits per heavy atom. The molecule has 0 spiro atoms. The van der Waals surface area contributed by atoms with E-state index in [2.05, 4.69) is 46.7 Å². The topological polar surface area (TPSA) is 59.9 Å². The van der Waals surface area contributed by atoms with Crippen molar-refractivity contribution in [3.05, 3.63) is 71.3 Å². The lowest BCUT2D eigenvalue weighted by Crippen LogP contribution is -2.39. The maximum atomic E-state index is 9.73. The molecule has 0 fully saturated rings. The molecule has 1 heterocycles. The number of aliphatic hydroxyl groups is 1. The molecule has 0 aromatic heterocycles. The Morgan fingerprint density at radius 3 is 2.53 bits per heavy atom. The second-order valence-corrected chi connectivity index (χ2v) is 7.58. The lowest BCUT2D eigenvalue weighted by Gasteiger charge is -2.28. The summed E-state index contributed by atoms with van der Waals surface area (Å²) in [6.07, 6.45) is 2.23. The van der Waals surface area contributed by atoms with E-state index in [1.165, 1.54) is 11.1 Å². The number of nitrogens with zero attached hydrogens (tertiary/aromatic N) is 2. The fourth-order valence-corrected chi connectivity index (χ4v) is 3.79. The Kier molecular flexibility index (Phi) is 11.2. The molecule has 1 aliphatic heterocycles. The van der Waals surface area contributed by atoms with E-state index in [-0.39, 0.29) is 36.5 Å². The number of aliphatic imine (C=N–C) groups is 1. The monoisotopic (exact) mass is 522 g/mol. The molecular weight excluding hydrogens is 487 g/mol. The van der Waals surface area contributed by atoms with Gasteiger partial charge >= 0.3 is 0 Å². The summed E-state index contributed by atoms with van der Waals surface area (Å²) in [5.74, 6) is 0.853. The van der Waals surface area contributed by atoms with Gasteiger partial charge in [-0.25, -0.2) is 0 Å². The summed E-state index contributed by atoms with van der Waals surface area (Å²) < 4.78 is 0. The zero-order valence-electron chi connectivity index (χ0n) is 17.9. The van der Waals surface area contributed by atoms with Gasteiger partial charge < -0.3 is 15.7 Å². The molecule has 3 N–H and O–H groups in total. The van der Waals surface area contributed by atoms with E-state index in [1.54, 1.807) is 0 Å². The van der Waals surface area contributed by atoms with Crippen LogP contribution in [0.2, 0.25) is 0 Å². The van der Waals surface area contributed by atoms with Crippen LogP contribution < -0.4 is 10.6 Å². The molecule has 2 aromatic carbocycles. The van der Waals surface area contributed by atoms with E-state index in [9.17, 15) is 5.11 Å². The number of benzene rings is 2. The molecule has 0 saturated heterocycles. The number of rotatable bonds is 9. The highest BCUT2D eigenvalue weighted by Crippen LogP contribution is 2.18. The van der Waals surface area contributed by atoms with Crippen LogP contribution >= 0.6 is 24.0 Å². The van der Waals surface area contributed by atoms with Crippen molar-refractivity contribution in [2.45, 2.75) is 32.2 Å². The maximum absolute atomic E-state index is 9.73. The predicted molar refractivity (Wildman–Crippen MR) is 136 cm³/mol. The van der Waals surface area contributed by atoms with Gasteiger partial charge in [-0.05, 0) is 36.5 Å². The minimum absolute atomic E-state index is 0. The van der Waals surface area contributed by atoms with Crippen LogP contribution in [0.25, 0.3) is 0 Å². The van der Waals surface area contributed by atoms with Crippen molar-refractivity contribution in [1.82, 2.24) is 15.5 Å². The standard InChI is InChI=1S/C24H34N4O.HI/c1-2-25-24(27-17-23(19-29)20-9-4-3-5-10-20)26-14-8-15-28-16-13-21-11-6-7-12-22(21)18-28;/h3-7,9-12,23,29H,2,8,13-19H2,1H3,(H2,25,26,27);1H. The van der Waals surface area contributed by atoms with Gasteiger partial charge in [-0.2, -0.15) is 0 Å². The first-order valence-electron chi connectivity index (χ1n) is 10.8. The smallest absolute Gasteiger partial charge is 0.191 e. The third kappa shape index (κ3) is 7.56. The number of hydrogen-bond acceptors (Lipinski definition) is 3. The molecule has 1 unspecified atom stereocenters. The normalized spacial score (nSPS) is 15.1. The molecule has 164 valence electrons. The Hall–Kier alpha value is -1.64. The van der Waals surface area contributed by atoms with Gasteiger partial charge in [0.25, 0.3) is 0 Å². The third-order valence-electron chi connectivity index (χ3n) is 5.46. The molecule has 0 radical (unpaired) electrons. The van der Waals surface area contributed by atoms with E-state index in [1.807, 2.05) is 30.3 Å². The highest BCUT2D eigenvalue weighted by Gasteiger charge is 2.15. The van der Waals surface area contributed by atoms with Crippen molar-refractivity contribution < 1.29 is 5.11 Å². The van der Waals surface area contributed by atoms with Crippen LogP contribution in [0.4, 0.5) is 0 Å². The quantitative estimate of drug-likeness (QED) is 0.205. The summed E-state index contributed by atoms with van der Waals surface area (Å²) in [4.78, 5) is 7.23. The SMILES string of the molecule is CCNC(=NCC(CO)c1ccccc1)NCCCN1CCc2ccccc2C1.I. The minimum atomic E-state index is 0. The number of fused-ring (bicyclic) bond motifs is 1. The van der Waals surface area contributed by atoms with Crippen molar-refractivity contribution in [3.63, 3.8) is 0 Å². The number of aliphatic hydroxyl groups excluding tert-OH is 1. The van der Waals surface area contributed by atoms with Crippen molar-refractivity contribution in [2.24, 2.45) is 4.99 Å². The van der Waals surface area contributed by atoms with Crippen molar-refractivity contribution in [3.8, 4) is 0 Å². The van der Waals surface area contributed by atoms with Gasteiger partial charge in [-0.3, -0.25) is 9.89 Å². The molecule has 0 bridgehead atoms. The summed E-state index contributed by atoms with van der Waals surface area (Å²) in [5.41, 5.74) is 4.10. The Balaban J connectivity index is 0.00000320. The largest absolute Gasteiger partial charge is 0.396 e. The summed E-state index contributed by atoms with van der Waals surface area (Å²) in [7, 11) is 0. The molecule has 1 atom stereocenters. The van der Waals surface area contributed by atoms with Crippen LogP contribution in [0.3, 0.4) is 0 Å². The molecule has 2 aromatic rings. The van der Waals surface area contributed by atoms with Crippen LogP contribution in [-0.2, 0) is 13.0 Å². The summed E-state index contributed by atoms with van der Waals surface area (Å²) in [5, 5.41) is 16.5. The molecule has 0 aliphatic carbocycles. The average Bonchev–Trinajstić information content (AvgIpc) is 2.77. The average molecular weight is 522 g/mol. The van der Waals surface area contributed by atoms with Crippen LogP contribution in [0.5, 0.6) is 0 Å². The Bertz CT molecular complexity index is 769. The number of nitrogens with one attached hydrogen (secondary N) is 2. The first kappa shape index (κ1) is 24.6. The van der Waals surface area contributed by atoms with Crippen LogP contribution in [-0.4, -0.2) is 55.3 Å². The first-order chi connectivity index (χ1) is 14.3. The zero-order valence-corrected chi connectivity index (χ0v) is 20.2. The van der Waals surface area contributed by atoms with Crippen molar-refractivity contribution >= 4 is 29.9 Å². The van der Waals surface area contributed by atoms with E-state index >= 15 is 0 Å². The molecule has 0 amide bonds. The van der Waals surface area contributed by atoms with Gasteiger partial charge in [-0.1, -0.05) is 54.6 Å². The van der Waals surface area contributed by atoms with Crippen molar-refractivity contribution in [2.75, 3.05) is 39.3 Å². The van der Waals surface area contributed by atoms with Gasteiger partial charge in [0.05, 0.1) is 13.2 Å². The van der Waals surface area contributed by atoms with Crippen LogP contribution in [0.15, 0.2) is 59.6 Å². The lowest BCUT2D eigenvalue weighted by atomic mass is 10.00. The zero-order chi connectivity index (χ0) is 20.3. The van der Waals surface area contributed by atoms with Gasteiger partial charge in [0.1, 0.15) is 0 Å². The van der Waals surface area contributed by atoms with Gasteiger partial charge in [0.2, 0.25) is 0 Å². The van der Waals surface area contributed by atoms with Crippen molar-refractivity contribution in [1.29, 1.82) is 0 Å². The highest BCUT2D eigenvalue weighted by molar-refractivity contribution is 14.0. The Morgan fingerprint density at radius 1 is 1.07 bits per heavy atom. The fourth-order valence-electron chi connectivity index (χ4n) is 3.79. The third-order valence-corrected chi connectivity index (χ3v) is 5.46. The molecule has 0 saturated carbocycles. The molecule has 6 heteroatoms. The van der Waals surface area contributed by atoms with Crippen LogP contribution in [0.1, 0.15) is 36.0 Å². The predicted octanol–water partition coefficient (Wildman–Crippen LogP) is 3.38. The van der Waals surface area contributed by atoms with E-state index in [0.717, 1.165) is 57.1 Å². The summed E-state index contributed by atoms with van der Waals surface area (Å²) >= 11 is 0. The first-order valence-corrected chi connectivity index (χ1v) is 10.8. The Labute approximate surface area is 198 Å². The summed E-state index contributed by atoms with van der Waals surface area (Å²) in [6, 6.07) is 18.9. The van der Waals surface area contributed by atoms with Crippen LogP contribution in [0, 0.1) is 0 Å². The van der Waals surface area contributed by atoms with E-state index in [0.29, 0.717) is 6.54 Å².